The van der Waals surface area contributed by atoms with Crippen LogP contribution in [0.1, 0.15) is 5.82 Å². The van der Waals surface area contributed by atoms with Crippen LogP contribution in [0.4, 0.5) is 10.3 Å². The number of nitrogens with zero attached hydrogens (tertiary/aromatic N) is 5. The number of benzene rings is 1. The van der Waals surface area contributed by atoms with Crippen LogP contribution in [-0.2, 0) is 13.6 Å². The summed E-state index contributed by atoms with van der Waals surface area (Å²) in [5.41, 5.74) is 7.10. The van der Waals surface area contributed by atoms with Gasteiger partial charge in [0, 0.05) is 13.1 Å². The van der Waals surface area contributed by atoms with E-state index >= 15 is 0 Å². The third kappa shape index (κ3) is 2.07. The van der Waals surface area contributed by atoms with Gasteiger partial charge in [-0.1, -0.05) is 0 Å². The summed E-state index contributed by atoms with van der Waals surface area (Å²) in [4.78, 5) is 8.32. The van der Waals surface area contributed by atoms with Gasteiger partial charge in [-0.15, -0.1) is 0 Å². The standard InChI is InChI=1S/C11H10BrFN6/c1-18-5-15-10(17-18)4-19-9-3-7(13)6(12)2-8(9)16-11(19)14/h2-3,5H,4H2,1H3,(H2,14,16). The van der Waals surface area contributed by atoms with Crippen molar-refractivity contribution in [3.05, 3.63) is 34.6 Å². The highest BCUT2D eigenvalue weighted by molar-refractivity contribution is 9.10. The van der Waals surface area contributed by atoms with Gasteiger partial charge < -0.3 is 10.3 Å². The van der Waals surface area contributed by atoms with Crippen molar-refractivity contribution in [2.24, 2.45) is 7.05 Å². The summed E-state index contributed by atoms with van der Waals surface area (Å²) in [6, 6.07) is 3.00. The maximum atomic E-state index is 13.6. The second-order valence-electron chi connectivity index (χ2n) is 4.15. The van der Waals surface area contributed by atoms with E-state index in [0.717, 1.165) is 0 Å². The minimum absolute atomic E-state index is 0.306. The molecule has 0 bridgehead atoms. The zero-order valence-electron chi connectivity index (χ0n) is 10.0. The highest BCUT2D eigenvalue weighted by Gasteiger charge is 2.13. The molecule has 0 aliphatic carbocycles. The molecule has 0 aliphatic heterocycles. The van der Waals surface area contributed by atoms with Crippen molar-refractivity contribution in [1.82, 2.24) is 24.3 Å². The fourth-order valence-electron chi connectivity index (χ4n) is 1.90. The van der Waals surface area contributed by atoms with E-state index in [0.29, 0.717) is 33.8 Å². The first kappa shape index (κ1) is 12.1. The average Bonchev–Trinajstić information content (AvgIpc) is 2.87. The van der Waals surface area contributed by atoms with Gasteiger partial charge in [0.2, 0.25) is 5.95 Å². The van der Waals surface area contributed by atoms with Gasteiger partial charge >= 0.3 is 0 Å². The molecule has 6 nitrogen and oxygen atoms in total. The maximum Gasteiger partial charge on any atom is 0.201 e. The van der Waals surface area contributed by atoms with E-state index in [1.807, 2.05) is 0 Å². The van der Waals surface area contributed by atoms with Gasteiger partial charge in [0.25, 0.3) is 0 Å². The molecule has 3 aromatic rings. The molecule has 2 N–H and O–H groups in total. The number of nitrogens with two attached hydrogens (primary N) is 1. The first-order chi connectivity index (χ1) is 9.04. The molecule has 0 amide bonds. The number of hydrogen-bond donors (Lipinski definition) is 1. The molecule has 19 heavy (non-hydrogen) atoms. The highest BCUT2D eigenvalue weighted by atomic mass is 79.9. The van der Waals surface area contributed by atoms with Gasteiger partial charge in [-0.2, -0.15) is 5.10 Å². The predicted octanol–water partition coefficient (Wildman–Crippen LogP) is 1.70. The van der Waals surface area contributed by atoms with Crippen LogP contribution in [0.25, 0.3) is 11.0 Å². The molecule has 0 radical (unpaired) electrons. The second kappa shape index (κ2) is 4.30. The van der Waals surface area contributed by atoms with Crippen molar-refractivity contribution in [3.63, 3.8) is 0 Å². The largest absolute Gasteiger partial charge is 0.369 e. The third-order valence-corrected chi connectivity index (χ3v) is 3.37. The van der Waals surface area contributed by atoms with E-state index in [9.17, 15) is 4.39 Å². The Labute approximate surface area is 116 Å². The second-order valence-corrected chi connectivity index (χ2v) is 5.00. The molecule has 0 atom stereocenters. The van der Waals surface area contributed by atoms with Crippen molar-refractivity contribution >= 4 is 32.9 Å². The van der Waals surface area contributed by atoms with E-state index in [1.54, 1.807) is 28.7 Å². The van der Waals surface area contributed by atoms with E-state index < -0.39 is 0 Å². The molecule has 2 aromatic heterocycles. The summed E-state index contributed by atoms with van der Waals surface area (Å²) in [5, 5.41) is 4.17. The number of aryl methyl sites for hydroxylation is 1. The van der Waals surface area contributed by atoms with Crippen molar-refractivity contribution in [3.8, 4) is 0 Å². The number of halogens is 2. The van der Waals surface area contributed by atoms with Gasteiger partial charge in [0.15, 0.2) is 5.82 Å². The Hall–Kier alpha value is -1.96. The Kier molecular flexibility index (Phi) is 2.74. The molecule has 2 heterocycles. The predicted molar refractivity (Wildman–Crippen MR) is 71.9 cm³/mol. The first-order valence-corrected chi connectivity index (χ1v) is 6.29. The molecular formula is C11H10BrFN6. The highest BCUT2D eigenvalue weighted by Crippen LogP contribution is 2.25. The normalized spacial score (nSPS) is 11.3. The average molecular weight is 325 g/mol. The number of rotatable bonds is 2. The molecule has 3 rings (SSSR count). The SMILES string of the molecule is Cn1cnc(Cn2c(N)nc3cc(Br)c(F)cc32)n1. The van der Waals surface area contributed by atoms with Crippen LogP contribution in [-0.4, -0.2) is 24.3 Å². The van der Waals surface area contributed by atoms with Crippen LogP contribution in [0.15, 0.2) is 22.9 Å². The lowest BCUT2D eigenvalue weighted by molar-refractivity contribution is 0.621. The summed E-state index contributed by atoms with van der Waals surface area (Å²) in [5.74, 6) is 0.541. The number of fused-ring (bicyclic) bond motifs is 1. The Bertz CT molecular complexity index is 762. The summed E-state index contributed by atoms with van der Waals surface area (Å²) in [7, 11) is 1.78. The van der Waals surface area contributed by atoms with Crippen LogP contribution >= 0.6 is 15.9 Å². The lowest BCUT2D eigenvalue weighted by Crippen LogP contribution is -2.06. The van der Waals surface area contributed by atoms with Gasteiger partial charge in [-0.25, -0.2) is 14.4 Å². The number of nitrogen functional groups attached to an aromatic ring is 1. The van der Waals surface area contributed by atoms with Crippen molar-refractivity contribution < 1.29 is 4.39 Å². The van der Waals surface area contributed by atoms with E-state index in [1.165, 1.54) is 6.07 Å². The zero-order valence-corrected chi connectivity index (χ0v) is 11.6. The van der Waals surface area contributed by atoms with E-state index in [2.05, 4.69) is 31.0 Å². The van der Waals surface area contributed by atoms with Crippen LogP contribution in [0.2, 0.25) is 0 Å². The first-order valence-electron chi connectivity index (χ1n) is 5.50. The lowest BCUT2D eigenvalue weighted by atomic mass is 10.3. The van der Waals surface area contributed by atoms with Crippen LogP contribution in [0, 0.1) is 5.82 Å². The Morgan fingerprint density at radius 3 is 2.89 bits per heavy atom. The van der Waals surface area contributed by atoms with Crippen molar-refractivity contribution in [2.45, 2.75) is 6.54 Å². The van der Waals surface area contributed by atoms with Gasteiger partial charge in [0.1, 0.15) is 12.1 Å². The molecule has 0 unspecified atom stereocenters. The Morgan fingerprint density at radius 2 is 2.21 bits per heavy atom. The number of aromatic nitrogens is 5. The summed E-state index contributed by atoms with van der Waals surface area (Å²) < 4.78 is 17.3. The monoisotopic (exact) mass is 324 g/mol. The molecule has 98 valence electrons. The molecular weight excluding hydrogens is 315 g/mol. The molecule has 8 heteroatoms. The van der Waals surface area contributed by atoms with Gasteiger partial charge in [-0.3, -0.25) is 4.68 Å². The molecule has 0 saturated heterocycles. The van der Waals surface area contributed by atoms with Crippen molar-refractivity contribution in [1.29, 1.82) is 0 Å². The van der Waals surface area contributed by atoms with E-state index in [4.69, 9.17) is 5.73 Å². The molecule has 0 fully saturated rings. The Balaban J connectivity index is 2.12. The molecule has 0 aliphatic rings. The number of anilines is 1. The zero-order chi connectivity index (χ0) is 13.6. The number of hydrogen-bond acceptors (Lipinski definition) is 4. The summed E-state index contributed by atoms with van der Waals surface area (Å²) in [6.45, 7) is 0.351. The fourth-order valence-corrected chi connectivity index (χ4v) is 2.23. The smallest absolute Gasteiger partial charge is 0.201 e. The fraction of sp³-hybridized carbons (Fsp3) is 0.182. The Morgan fingerprint density at radius 1 is 1.42 bits per heavy atom. The van der Waals surface area contributed by atoms with Crippen LogP contribution in [0.3, 0.4) is 0 Å². The maximum absolute atomic E-state index is 13.6. The molecule has 0 saturated carbocycles. The molecule has 0 spiro atoms. The van der Waals surface area contributed by atoms with Gasteiger partial charge in [-0.05, 0) is 22.0 Å². The van der Waals surface area contributed by atoms with Crippen molar-refractivity contribution in [2.75, 3.05) is 5.73 Å². The topological polar surface area (TPSA) is 74.5 Å². The minimum Gasteiger partial charge on any atom is -0.369 e. The minimum atomic E-state index is -0.359. The third-order valence-electron chi connectivity index (χ3n) is 2.77. The quantitative estimate of drug-likeness (QED) is 0.778. The lowest BCUT2D eigenvalue weighted by Gasteiger charge is -2.03. The summed E-state index contributed by atoms with van der Waals surface area (Å²) >= 11 is 3.13. The van der Waals surface area contributed by atoms with Gasteiger partial charge in [0.05, 0.1) is 22.1 Å². The van der Waals surface area contributed by atoms with Crippen LogP contribution in [0.5, 0.6) is 0 Å². The van der Waals surface area contributed by atoms with E-state index in [-0.39, 0.29) is 5.82 Å². The summed E-state index contributed by atoms with van der Waals surface area (Å²) in [6.07, 6.45) is 1.60. The van der Waals surface area contributed by atoms with Crippen LogP contribution < -0.4 is 5.73 Å². The number of imidazole rings is 1. The molecule has 1 aromatic carbocycles.